The van der Waals surface area contributed by atoms with Gasteiger partial charge in [-0.15, -0.1) is 0 Å². The number of aromatic nitrogens is 2. The fraction of sp³-hybridized carbons (Fsp3) is 0.182. The molecule has 1 heterocycles. The van der Waals surface area contributed by atoms with Crippen molar-refractivity contribution in [3.63, 3.8) is 0 Å². The molecule has 0 saturated carbocycles. The zero-order chi connectivity index (χ0) is 11.5. The summed E-state index contributed by atoms with van der Waals surface area (Å²) in [6.07, 6.45) is 3.60. The molecule has 0 amide bonds. The van der Waals surface area contributed by atoms with Crippen LogP contribution >= 0.6 is 11.6 Å². The van der Waals surface area contributed by atoms with E-state index in [1.165, 1.54) is 0 Å². The molecule has 1 aromatic heterocycles. The number of nitrogens with one attached hydrogen (secondary N) is 1. The number of hydrogen-bond acceptors (Lipinski definition) is 3. The van der Waals surface area contributed by atoms with Crippen molar-refractivity contribution in [2.75, 3.05) is 12.4 Å². The molecule has 0 aliphatic rings. The molecule has 0 aliphatic heterocycles. The zero-order valence-corrected chi connectivity index (χ0v) is 9.82. The summed E-state index contributed by atoms with van der Waals surface area (Å²) < 4.78 is 7.08. The third kappa shape index (κ3) is 2.28. The second-order valence-electron chi connectivity index (χ2n) is 3.39. The summed E-state index contributed by atoms with van der Waals surface area (Å²) in [6.45, 7) is 0. The van der Waals surface area contributed by atoms with Crippen molar-refractivity contribution in [1.82, 2.24) is 9.55 Å². The van der Waals surface area contributed by atoms with Crippen LogP contribution in [0.25, 0.3) is 0 Å². The van der Waals surface area contributed by atoms with Crippen molar-refractivity contribution in [1.29, 1.82) is 0 Å². The molecule has 84 valence electrons. The van der Waals surface area contributed by atoms with Gasteiger partial charge in [-0.25, -0.2) is 4.98 Å². The number of rotatable bonds is 3. The van der Waals surface area contributed by atoms with Gasteiger partial charge in [0.1, 0.15) is 11.6 Å². The van der Waals surface area contributed by atoms with E-state index in [1.807, 2.05) is 23.9 Å². The van der Waals surface area contributed by atoms with Crippen LogP contribution in [0.1, 0.15) is 0 Å². The van der Waals surface area contributed by atoms with Gasteiger partial charge in [-0.3, -0.25) is 0 Å². The number of imidazole rings is 1. The molecule has 0 atom stereocenters. The molecule has 5 heteroatoms. The van der Waals surface area contributed by atoms with Crippen LogP contribution in [-0.2, 0) is 7.05 Å². The number of anilines is 2. The number of halogens is 1. The maximum atomic E-state index is 5.92. The van der Waals surface area contributed by atoms with Crippen molar-refractivity contribution >= 4 is 23.1 Å². The summed E-state index contributed by atoms with van der Waals surface area (Å²) in [6, 6.07) is 5.40. The minimum atomic E-state index is 0.652. The number of hydrogen-bond donors (Lipinski definition) is 1. The lowest BCUT2D eigenvalue weighted by molar-refractivity contribution is 0.417. The number of ether oxygens (including phenoxy) is 1. The summed E-state index contributed by atoms with van der Waals surface area (Å²) in [5, 5.41) is 3.80. The van der Waals surface area contributed by atoms with Gasteiger partial charge in [0.05, 0.1) is 19.1 Å². The van der Waals surface area contributed by atoms with Gasteiger partial charge in [-0.2, -0.15) is 0 Å². The highest BCUT2D eigenvalue weighted by atomic mass is 35.5. The second kappa shape index (κ2) is 4.45. The van der Waals surface area contributed by atoms with Gasteiger partial charge < -0.3 is 14.6 Å². The highest BCUT2D eigenvalue weighted by molar-refractivity contribution is 6.30. The lowest BCUT2D eigenvalue weighted by atomic mass is 10.3. The molecule has 16 heavy (non-hydrogen) atoms. The molecule has 2 rings (SSSR count). The minimum absolute atomic E-state index is 0.652. The maximum absolute atomic E-state index is 5.92. The molecular formula is C11H12ClN3O. The quantitative estimate of drug-likeness (QED) is 0.892. The Labute approximate surface area is 98.8 Å². The van der Waals surface area contributed by atoms with Crippen LogP contribution in [0.5, 0.6) is 5.75 Å². The van der Waals surface area contributed by atoms with Gasteiger partial charge in [0.15, 0.2) is 0 Å². The average Bonchev–Trinajstić information content (AvgIpc) is 2.64. The molecular weight excluding hydrogens is 226 g/mol. The van der Waals surface area contributed by atoms with Gasteiger partial charge in [0.25, 0.3) is 0 Å². The Bertz CT molecular complexity index is 496. The van der Waals surface area contributed by atoms with E-state index >= 15 is 0 Å². The van der Waals surface area contributed by atoms with Crippen molar-refractivity contribution in [3.05, 3.63) is 35.7 Å². The minimum Gasteiger partial charge on any atom is -0.495 e. The summed E-state index contributed by atoms with van der Waals surface area (Å²) in [5.74, 6) is 1.48. The van der Waals surface area contributed by atoms with Gasteiger partial charge in [0, 0.05) is 18.3 Å². The molecule has 0 radical (unpaired) electrons. The van der Waals surface area contributed by atoms with Crippen LogP contribution in [0.15, 0.2) is 30.7 Å². The Morgan fingerprint density at radius 2 is 2.25 bits per heavy atom. The van der Waals surface area contributed by atoms with Gasteiger partial charge in [-0.1, -0.05) is 11.6 Å². The number of benzene rings is 1. The molecule has 0 bridgehead atoms. The summed E-state index contributed by atoms with van der Waals surface area (Å²) in [7, 11) is 3.53. The average molecular weight is 238 g/mol. The number of aryl methyl sites for hydroxylation is 1. The smallest absolute Gasteiger partial charge is 0.148 e. The fourth-order valence-electron chi connectivity index (χ4n) is 1.39. The Morgan fingerprint density at radius 1 is 1.44 bits per heavy atom. The third-order valence-electron chi connectivity index (χ3n) is 2.13. The lowest BCUT2D eigenvalue weighted by Gasteiger charge is -2.09. The van der Waals surface area contributed by atoms with Crippen molar-refractivity contribution in [2.24, 2.45) is 7.05 Å². The Kier molecular flexibility index (Phi) is 3.01. The summed E-state index contributed by atoms with van der Waals surface area (Å²) in [4.78, 5) is 4.17. The molecule has 0 fully saturated rings. The standard InChI is InChI=1S/C11H12ClN3O/c1-15-6-11(13-7-15)14-9-5-8(12)3-4-10(9)16-2/h3-7,14H,1-2H3. The highest BCUT2D eigenvalue weighted by Gasteiger charge is 2.05. The van der Waals surface area contributed by atoms with Crippen LogP contribution in [0.4, 0.5) is 11.5 Å². The Balaban J connectivity index is 2.29. The van der Waals surface area contributed by atoms with Crippen LogP contribution in [0.2, 0.25) is 5.02 Å². The molecule has 1 N–H and O–H groups in total. The predicted molar refractivity (Wildman–Crippen MR) is 64.5 cm³/mol. The van der Waals surface area contributed by atoms with Crippen LogP contribution in [0, 0.1) is 0 Å². The predicted octanol–water partition coefficient (Wildman–Crippen LogP) is 2.83. The topological polar surface area (TPSA) is 39.1 Å². The summed E-state index contributed by atoms with van der Waals surface area (Å²) >= 11 is 5.92. The van der Waals surface area contributed by atoms with E-state index in [0.717, 1.165) is 17.3 Å². The number of methoxy groups -OCH3 is 1. The van der Waals surface area contributed by atoms with Crippen molar-refractivity contribution in [2.45, 2.75) is 0 Å². The van der Waals surface area contributed by atoms with E-state index in [4.69, 9.17) is 16.3 Å². The van der Waals surface area contributed by atoms with Crippen LogP contribution in [-0.4, -0.2) is 16.7 Å². The lowest BCUT2D eigenvalue weighted by Crippen LogP contribution is -1.94. The first kappa shape index (κ1) is 10.8. The van der Waals surface area contributed by atoms with Gasteiger partial charge in [0.2, 0.25) is 0 Å². The molecule has 0 spiro atoms. The number of nitrogens with zero attached hydrogens (tertiary/aromatic N) is 2. The Morgan fingerprint density at radius 3 is 2.88 bits per heavy atom. The highest BCUT2D eigenvalue weighted by Crippen LogP contribution is 2.29. The first-order chi connectivity index (χ1) is 7.69. The summed E-state index contributed by atoms with van der Waals surface area (Å²) in [5.41, 5.74) is 0.800. The first-order valence-electron chi connectivity index (χ1n) is 4.77. The van der Waals surface area contributed by atoms with E-state index in [9.17, 15) is 0 Å². The monoisotopic (exact) mass is 237 g/mol. The molecule has 4 nitrogen and oxygen atoms in total. The van der Waals surface area contributed by atoms with Crippen LogP contribution < -0.4 is 10.1 Å². The van der Waals surface area contributed by atoms with E-state index in [0.29, 0.717) is 5.02 Å². The normalized spacial score (nSPS) is 10.2. The van der Waals surface area contributed by atoms with Crippen molar-refractivity contribution < 1.29 is 4.74 Å². The maximum Gasteiger partial charge on any atom is 0.148 e. The molecule has 1 aromatic carbocycles. The Hall–Kier alpha value is -1.68. The second-order valence-corrected chi connectivity index (χ2v) is 3.83. The molecule has 0 unspecified atom stereocenters. The van der Waals surface area contributed by atoms with E-state index in [-0.39, 0.29) is 0 Å². The van der Waals surface area contributed by atoms with Gasteiger partial charge in [-0.05, 0) is 18.2 Å². The molecule has 0 aliphatic carbocycles. The molecule has 0 saturated heterocycles. The third-order valence-corrected chi connectivity index (χ3v) is 2.36. The van der Waals surface area contributed by atoms with Crippen molar-refractivity contribution in [3.8, 4) is 5.75 Å². The molecule has 2 aromatic rings. The van der Waals surface area contributed by atoms with E-state index in [2.05, 4.69) is 10.3 Å². The van der Waals surface area contributed by atoms with E-state index in [1.54, 1.807) is 25.6 Å². The van der Waals surface area contributed by atoms with E-state index < -0.39 is 0 Å². The van der Waals surface area contributed by atoms with Crippen LogP contribution in [0.3, 0.4) is 0 Å². The largest absolute Gasteiger partial charge is 0.495 e. The fourth-order valence-corrected chi connectivity index (χ4v) is 1.57. The first-order valence-corrected chi connectivity index (χ1v) is 5.15. The SMILES string of the molecule is COc1ccc(Cl)cc1Nc1cn(C)cn1. The zero-order valence-electron chi connectivity index (χ0n) is 9.07. The van der Waals surface area contributed by atoms with Gasteiger partial charge >= 0.3 is 0 Å².